The van der Waals surface area contributed by atoms with E-state index in [2.05, 4.69) is 5.32 Å². The maximum atomic E-state index is 13.2. The van der Waals surface area contributed by atoms with Gasteiger partial charge < -0.3 is 20.7 Å². The van der Waals surface area contributed by atoms with Crippen molar-refractivity contribution < 1.29 is 14.3 Å². The number of hydrogen-bond donors (Lipinski definition) is 2. The van der Waals surface area contributed by atoms with Crippen molar-refractivity contribution in [1.82, 2.24) is 10.2 Å². The van der Waals surface area contributed by atoms with Crippen LogP contribution in [0.1, 0.15) is 60.8 Å². The zero-order valence-corrected chi connectivity index (χ0v) is 17.4. The van der Waals surface area contributed by atoms with Gasteiger partial charge in [0, 0.05) is 43.5 Å². The second kappa shape index (κ2) is 7.47. The van der Waals surface area contributed by atoms with E-state index in [4.69, 9.17) is 10.5 Å². The Hall–Kier alpha value is -1.14. The molecule has 1 saturated heterocycles. The van der Waals surface area contributed by atoms with Crippen LogP contribution in [0.5, 0.6) is 0 Å². The lowest BCUT2D eigenvalue weighted by Crippen LogP contribution is -2.76. The van der Waals surface area contributed by atoms with Crippen molar-refractivity contribution in [1.29, 1.82) is 0 Å². The van der Waals surface area contributed by atoms with E-state index in [0.29, 0.717) is 26.1 Å². The number of carbonyl (C=O) groups is 2. The number of nitrogens with one attached hydrogen (secondary N) is 1. The highest BCUT2D eigenvalue weighted by Crippen LogP contribution is 2.50. The van der Waals surface area contributed by atoms with E-state index in [9.17, 15) is 9.59 Å². The summed E-state index contributed by atoms with van der Waals surface area (Å²) in [6, 6.07) is 0. The van der Waals surface area contributed by atoms with Gasteiger partial charge in [0.1, 0.15) is 5.54 Å². The van der Waals surface area contributed by atoms with E-state index in [1.807, 2.05) is 46.4 Å². The first-order chi connectivity index (χ1) is 11.9. The second-order valence-corrected chi connectivity index (χ2v) is 9.56. The molecule has 1 aliphatic carbocycles. The summed E-state index contributed by atoms with van der Waals surface area (Å²) >= 11 is 0. The molecule has 0 radical (unpaired) electrons. The first kappa shape index (κ1) is 21.2. The minimum atomic E-state index is -0.858. The first-order valence-electron chi connectivity index (χ1n) is 9.91. The molecule has 2 fully saturated rings. The average Bonchev–Trinajstić information content (AvgIpc) is 2.58. The van der Waals surface area contributed by atoms with Crippen molar-refractivity contribution in [2.45, 2.75) is 72.4 Å². The smallest absolute Gasteiger partial charge is 0.243 e. The summed E-state index contributed by atoms with van der Waals surface area (Å²) in [4.78, 5) is 27.2. The maximum Gasteiger partial charge on any atom is 0.243 e. The van der Waals surface area contributed by atoms with Crippen LogP contribution in [-0.4, -0.2) is 54.6 Å². The fraction of sp³-hybridized carbons (Fsp3) is 0.900. The lowest BCUT2D eigenvalue weighted by atomic mass is 9.54. The first-order valence-corrected chi connectivity index (χ1v) is 9.91. The van der Waals surface area contributed by atoms with Gasteiger partial charge in [0.05, 0.1) is 6.10 Å². The number of likely N-dealkylation sites (tertiary alicyclic amines) is 1. The summed E-state index contributed by atoms with van der Waals surface area (Å²) < 4.78 is 5.75. The monoisotopic (exact) mass is 367 g/mol. The molecule has 6 heteroatoms. The zero-order chi connectivity index (χ0) is 19.8. The molecule has 1 aliphatic heterocycles. The topological polar surface area (TPSA) is 84.7 Å². The Morgan fingerprint density at radius 1 is 1.31 bits per heavy atom. The Bertz CT molecular complexity index is 541. The normalized spacial score (nSPS) is 31.3. The van der Waals surface area contributed by atoms with Crippen LogP contribution in [0, 0.1) is 16.7 Å². The van der Waals surface area contributed by atoms with Gasteiger partial charge in [-0.1, -0.05) is 34.6 Å². The minimum absolute atomic E-state index is 0.0327. The van der Waals surface area contributed by atoms with Gasteiger partial charge in [0.2, 0.25) is 11.8 Å². The highest BCUT2D eigenvalue weighted by atomic mass is 16.5. The SMILES string of the molecule is CCOC1CC(N)(C(=O)N2CCCC(CNC(=O)C(C)(C)C)C2)C1(C)C. The lowest BCUT2D eigenvalue weighted by molar-refractivity contribution is -0.180. The third-order valence-corrected chi connectivity index (χ3v) is 6.25. The van der Waals surface area contributed by atoms with E-state index < -0.39 is 11.0 Å². The van der Waals surface area contributed by atoms with E-state index in [1.54, 1.807) is 0 Å². The second-order valence-electron chi connectivity index (χ2n) is 9.56. The minimum Gasteiger partial charge on any atom is -0.378 e. The molecule has 150 valence electrons. The number of amides is 2. The Kier molecular flexibility index (Phi) is 6.08. The van der Waals surface area contributed by atoms with Crippen LogP contribution in [-0.2, 0) is 14.3 Å². The van der Waals surface area contributed by atoms with Crippen LogP contribution < -0.4 is 11.1 Å². The molecule has 0 aromatic rings. The molecule has 0 spiro atoms. The van der Waals surface area contributed by atoms with Gasteiger partial charge in [-0.25, -0.2) is 0 Å². The van der Waals surface area contributed by atoms with Gasteiger partial charge in [0.25, 0.3) is 0 Å². The van der Waals surface area contributed by atoms with Crippen LogP contribution in [0.3, 0.4) is 0 Å². The molecular weight excluding hydrogens is 330 g/mol. The molecule has 3 N–H and O–H groups in total. The van der Waals surface area contributed by atoms with Crippen molar-refractivity contribution >= 4 is 11.8 Å². The summed E-state index contributed by atoms with van der Waals surface area (Å²) in [6.45, 7) is 14.4. The molecule has 2 rings (SSSR count). The van der Waals surface area contributed by atoms with Crippen LogP contribution in [0.4, 0.5) is 0 Å². The number of ether oxygens (including phenoxy) is 1. The molecular formula is C20H37N3O3. The molecule has 2 aliphatic rings. The molecule has 0 aromatic heterocycles. The van der Waals surface area contributed by atoms with Crippen LogP contribution in [0.2, 0.25) is 0 Å². The Balaban J connectivity index is 1.95. The lowest BCUT2D eigenvalue weighted by Gasteiger charge is -2.59. The van der Waals surface area contributed by atoms with Crippen LogP contribution in [0.25, 0.3) is 0 Å². The summed E-state index contributed by atoms with van der Waals surface area (Å²) in [5.74, 6) is 0.370. The van der Waals surface area contributed by atoms with Crippen molar-refractivity contribution in [3.8, 4) is 0 Å². The number of carbonyl (C=O) groups excluding carboxylic acids is 2. The van der Waals surface area contributed by atoms with Crippen LogP contribution >= 0.6 is 0 Å². The average molecular weight is 368 g/mol. The van der Waals surface area contributed by atoms with E-state index >= 15 is 0 Å². The summed E-state index contributed by atoms with van der Waals surface area (Å²) in [5, 5.41) is 3.03. The number of hydrogen-bond acceptors (Lipinski definition) is 4. The van der Waals surface area contributed by atoms with Gasteiger partial charge in [0.15, 0.2) is 0 Å². The number of rotatable bonds is 5. The third kappa shape index (κ3) is 3.91. The summed E-state index contributed by atoms with van der Waals surface area (Å²) in [6.07, 6.45) is 2.59. The molecule has 2 amide bonds. The fourth-order valence-corrected chi connectivity index (χ4v) is 4.00. The predicted octanol–water partition coefficient (Wildman–Crippen LogP) is 1.92. The molecule has 26 heavy (non-hydrogen) atoms. The molecule has 0 aromatic carbocycles. The quantitative estimate of drug-likeness (QED) is 0.777. The van der Waals surface area contributed by atoms with Crippen molar-refractivity contribution in [2.75, 3.05) is 26.2 Å². The van der Waals surface area contributed by atoms with Gasteiger partial charge in [-0.3, -0.25) is 9.59 Å². The van der Waals surface area contributed by atoms with Gasteiger partial charge >= 0.3 is 0 Å². The molecule has 3 unspecified atom stereocenters. The van der Waals surface area contributed by atoms with E-state index in [0.717, 1.165) is 19.4 Å². The van der Waals surface area contributed by atoms with Crippen molar-refractivity contribution in [2.24, 2.45) is 22.5 Å². The van der Waals surface area contributed by atoms with Crippen molar-refractivity contribution in [3.05, 3.63) is 0 Å². The zero-order valence-electron chi connectivity index (χ0n) is 17.4. The predicted molar refractivity (Wildman–Crippen MR) is 102 cm³/mol. The number of nitrogens with two attached hydrogens (primary N) is 1. The van der Waals surface area contributed by atoms with Gasteiger partial charge in [-0.2, -0.15) is 0 Å². The maximum absolute atomic E-state index is 13.2. The standard InChI is InChI=1S/C20H37N3O3/c1-7-26-15-11-20(21,19(15,5)6)17(25)23-10-8-9-14(13-23)12-22-16(24)18(2,3)4/h14-15H,7-13,21H2,1-6H3,(H,22,24). The Labute approximate surface area is 158 Å². The molecule has 1 saturated carbocycles. The molecule has 1 heterocycles. The highest BCUT2D eigenvalue weighted by molar-refractivity contribution is 5.89. The fourth-order valence-electron chi connectivity index (χ4n) is 4.00. The molecule has 6 nitrogen and oxygen atoms in total. The summed E-state index contributed by atoms with van der Waals surface area (Å²) in [5.41, 5.74) is 4.94. The number of nitrogens with zero attached hydrogens (tertiary/aromatic N) is 1. The van der Waals surface area contributed by atoms with Gasteiger partial charge in [-0.05, 0) is 25.7 Å². The number of piperidine rings is 1. The largest absolute Gasteiger partial charge is 0.378 e. The molecule has 0 bridgehead atoms. The summed E-state index contributed by atoms with van der Waals surface area (Å²) in [7, 11) is 0. The Morgan fingerprint density at radius 2 is 1.96 bits per heavy atom. The van der Waals surface area contributed by atoms with Gasteiger partial charge in [-0.15, -0.1) is 0 Å². The van der Waals surface area contributed by atoms with E-state index in [-0.39, 0.29) is 29.3 Å². The van der Waals surface area contributed by atoms with E-state index in [1.165, 1.54) is 0 Å². The van der Waals surface area contributed by atoms with Crippen molar-refractivity contribution in [3.63, 3.8) is 0 Å². The van der Waals surface area contributed by atoms with Crippen LogP contribution in [0.15, 0.2) is 0 Å². The Morgan fingerprint density at radius 3 is 2.50 bits per heavy atom. The molecule has 3 atom stereocenters. The third-order valence-electron chi connectivity index (χ3n) is 6.25. The highest BCUT2D eigenvalue weighted by Gasteiger charge is 2.63.